The second kappa shape index (κ2) is 7.70. The molecular weight excluding hydrogens is 282 g/mol. The van der Waals surface area contributed by atoms with Crippen molar-refractivity contribution >= 4 is 29.4 Å². The van der Waals surface area contributed by atoms with Crippen LogP contribution in [0.25, 0.3) is 6.08 Å². The predicted molar refractivity (Wildman–Crippen MR) is 80.4 cm³/mol. The Labute approximate surface area is 122 Å². The Hall–Kier alpha value is -0.810. The first-order chi connectivity index (χ1) is 9.28. The molecule has 5 heteroatoms. The van der Waals surface area contributed by atoms with Crippen molar-refractivity contribution in [2.45, 2.75) is 11.5 Å². The van der Waals surface area contributed by atoms with Crippen molar-refractivity contribution in [3.05, 3.63) is 47.3 Å². The van der Waals surface area contributed by atoms with E-state index in [1.165, 1.54) is 0 Å². The highest BCUT2D eigenvalue weighted by Gasteiger charge is 2.18. The fourth-order valence-electron chi connectivity index (χ4n) is 1.59. The van der Waals surface area contributed by atoms with E-state index in [0.29, 0.717) is 10.4 Å². The topological polar surface area (TPSA) is 31.4 Å². The first kappa shape index (κ1) is 14.6. The third-order valence-electron chi connectivity index (χ3n) is 2.64. The molecule has 1 saturated heterocycles. The number of aromatic nitrogens is 1. The molecule has 2 heterocycles. The molecule has 0 saturated carbocycles. The number of halogens is 1. The van der Waals surface area contributed by atoms with Crippen LogP contribution in [0.2, 0.25) is 5.15 Å². The van der Waals surface area contributed by atoms with Crippen molar-refractivity contribution in [3.8, 4) is 0 Å². The standard InChI is InChI=1S/C14H16ClNO2S/c1-19-12-9-17-14(18-10-12)5-3-2-4-11-6-7-16-13(15)8-11/h2-8,12,14H,9-10H2,1H3/b4-2+,5-3+. The zero-order chi connectivity index (χ0) is 13.5. The van der Waals surface area contributed by atoms with Crippen LogP contribution >= 0.6 is 23.4 Å². The van der Waals surface area contributed by atoms with Gasteiger partial charge in [-0.2, -0.15) is 11.8 Å². The van der Waals surface area contributed by atoms with Gasteiger partial charge in [0.15, 0.2) is 6.29 Å². The average molecular weight is 298 g/mol. The second-order valence-corrected chi connectivity index (χ2v) is 5.57. The molecule has 0 atom stereocenters. The highest BCUT2D eigenvalue weighted by atomic mass is 35.5. The van der Waals surface area contributed by atoms with Gasteiger partial charge in [-0.15, -0.1) is 0 Å². The summed E-state index contributed by atoms with van der Waals surface area (Å²) in [5.41, 5.74) is 1.01. The molecule has 0 N–H and O–H groups in total. The molecule has 2 rings (SSSR count). The Kier molecular flexibility index (Phi) is 5.92. The van der Waals surface area contributed by atoms with E-state index in [1.807, 2.05) is 36.4 Å². The second-order valence-electron chi connectivity index (χ2n) is 4.05. The SMILES string of the molecule is CSC1COC(/C=C/C=C/c2ccnc(Cl)c2)OC1. The van der Waals surface area contributed by atoms with E-state index in [9.17, 15) is 0 Å². The third-order valence-corrected chi connectivity index (χ3v) is 3.79. The molecule has 0 amide bonds. The Morgan fingerprint density at radius 1 is 1.37 bits per heavy atom. The van der Waals surface area contributed by atoms with Gasteiger partial charge in [-0.05, 0) is 30.0 Å². The monoisotopic (exact) mass is 297 g/mol. The van der Waals surface area contributed by atoms with E-state index in [4.69, 9.17) is 21.1 Å². The molecule has 1 aliphatic heterocycles. The summed E-state index contributed by atoms with van der Waals surface area (Å²) in [5.74, 6) is 0. The first-order valence-electron chi connectivity index (χ1n) is 6.00. The minimum absolute atomic E-state index is 0.242. The predicted octanol–water partition coefficient (Wildman–Crippen LogP) is 3.41. The van der Waals surface area contributed by atoms with Crippen LogP contribution in [-0.2, 0) is 9.47 Å². The number of hydrogen-bond donors (Lipinski definition) is 0. The van der Waals surface area contributed by atoms with E-state index < -0.39 is 0 Å². The van der Waals surface area contributed by atoms with Crippen molar-refractivity contribution < 1.29 is 9.47 Å². The molecule has 0 aliphatic carbocycles. The van der Waals surface area contributed by atoms with E-state index in [-0.39, 0.29) is 6.29 Å². The molecule has 0 spiro atoms. The Morgan fingerprint density at radius 3 is 2.84 bits per heavy atom. The Bertz CT molecular complexity index is 457. The van der Waals surface area contributed by atoms with Crippen molar-refractivity contribution in [2.24, 2.45) is 0 Å². The smallest absolute Gasteiger partial charge is 0.177 e. The van der Waals surface area contributed by atoms with E-state index in [1.54, 1.807) is 18.0 Å². The highest BCUT2D eigenvalue weighted by molar-refractivity contribution is 7.99. The summed E-state index contributed by atoms with van der Waals surface area (Å²) in [6, 6.07) is 3.70. The maximum atomic E-state index is 5.80. The number of pyridine rings is 1. The highest BCUT2D eigenvalue weighted by Crippen LogP contribution is 2.16. The van der Waals surface area contributed by atoms with Gasteiger partial charge in [-0.25, -0.2) is 4.98 Å². The molecule has 0 bridgehead atoms. The number of ether oxygens (including phenoxy) is 2. The van der Waals surface area contributed by atoms with Gasteiger partial charge in [0, 0.05) is 6.20 Å². The molecule has 102 valence electrons. The van der Waals surface area contributed by atoms with Gasteiger partial charge in [-0.1, -0.05) is 29.8 Å². The van der Waals surface area contributed by atoms with Crippen LogP contribution in [0, 0.1) is 0 Å². The molecule has 0 radical (unpaired) electrons. The van der Waals surface area contributed by atoms with Crippen LogP contribution in [0.5, 0.6) is 0 Å². The molecule has 1 fully saturated rings. The lowest BCUT2D eigenvalue weighted by Crippen LogP contribution is -2.32. The zero-order valence-corrected chi connectivity index (χ0v) is 12.2. The lowest BCUT2D eigenvalue weighted by molar-refractivity contribution is -0.146. The van der Waals surface area contributed by atoms with Crippen molar-refractivity contribution in [3.63, 3.8) is 0 Å². The Morgan fingerprint density at radius 2 is 2.16 bits per heavy atom. The molecule has 19 heavy (non-hydrogen) atoms. The summed E-state index contributed by atoms with van der Waals surface area (Å²) in [4.78, 5) is 3.93. The zero-order valence-electron chi connectivity index (χ0n) is 10.7. The van der Waals surface area contributed by atoms with Crippen molar-refractivity contribution in [1.29, 1.82) is 0 Å². The minimum atomic E-state index is -0.242. The van der Waals surface area contributed by atoms with Gasteiger partial charge < -0.3 is 9.47 Å². The van der Waals surface area contributed by atoms with Gasteiger partial charge in [0.2, 0.25) is 0 Å². The quantitative estimate of drug-likeness (QED) is 0.629. The number of rotatable bonds is 4. The number of thioether (sulfide) groups is 1. The molecule has 1 aliphatic rings. The summed E-state index contributed by atoms with van der Waals surface area (Å²) in [5, 5.41) is 0.937. The van der Waals surface area contributed by atoms with Gasteiger partial charge in [-0.3, -0.25) is 0 Å². The molecule has 1 aromatic rings. The lowest BCUT2D eigenvalue weighted by atomic mass is 10.2. The average Bonchev–Trinajstić information content (AvgIpc) is 2.44. The number of nitrogens with zero attached hydrogens (tertiary/aromatic N) is 1. The fourth-order valence-corrected chi connectivity index (χ4v) is 2.20. The minimum Gasteiger partial charge on any atom is -0.348 e. The maximum Gasteiger partial charge on any atom is 0.177 e. The van der Waals surface area contributed by atoms with Crippen LogP contribution in [0.3, 0.4) is 0 Å². The van der Waals surface area contributed by atoms with Crippen molar-refractivity contribution in [2.75, 3.05) is 19.5 Å². The third kappa shape index (κ3) is 4.99. The summed E-state index contributed by atoms with van der Waals surface area (Å²) in [7, 11) is 0. The van der Waals surface area contributed by atoms with Crippen LogP contribution in [0.15, 0.2) is 36.6 Å². The van der Waals surface area contributed by atoms with Gasteiger partial charge in [0.05, 0.1) is 18.5 Å². The Balaban J connectivity index is 1.80. The molecule has 0 unspecified atom stereocenters. The van der Waals surface area contributed by atoms with Gasteiger partial charge >= 0.3 is 0 Å². The van der Waals surface area contributed by atoms with Gasteiger partial charge in [0.1, 0.15) is 5.15 Å². The van der Waals surface area contributed by atoms with E-state index in [2.05, 4.69) is 11.2 Å². The number of allylic oxidation sites excluding steroid dienone is 2. The van der Waals surface area contributed by atoms with Gasteiger partial charge in [0.25, 0.3) is 0 Å². The van der Waals surface area contributed by atoms with Crippen LogP contribution in [0.1, 0.15) is 5.56 Å². The summed E-state index contributed by atoms with van der Waals surface area (Å²) < 4.78 is 11.1. The molecule has 3 nitrogen and oxygen atoms in total. The fraction of sp³-hybridized carbons (Fsp3) is 0.357. The van der Waals surface area contributed by atoms with Crippen LogP contribution in [-0.4, -0.2) is 36.0 Å². The first-order valence-corrected chi connectivity index (χ1v) is 7.67. The van der Waals surface area contributed by atoms with Crippen LogP contribution in [0.4, 0.5) is 0 Å². The van der Waals surface area contributed by atoms with Crippen molar-refractivity contribution in [1.82, 2.24) is 4.98 Å². The number of hydrogen-bond acceptors (Lipinski definition) is 4. The molecular formula is C14H16ClNO2S. The normalized spacial score (nSPS) is 24.3. The lowest BCUT2D eigenvalue weighted by Gasteiger charge is -2.26. The largest absolute Gasteiger partial charge is 0.348 e. The summed E-state index contributed by atoms with van der Waals surface area (Å²) in [6.07, 6.45) is 11.2. The van der Waals surface area contributed by atoms with E-state index in [0.717, 1.165) is 18.8 Å². The molecule has 1 aromatic heterocycles. The maximum absolute atomic E-state index is 5.80. The van der Waals surface area contributed by atoms with Crippen LogP contribution < -0.4 is 0 Å². The summed E-state index contributed by atoms with van der Waals surface area (Å²) in [6.45, 7) is 1.47. The summed E-state index contributed by atoms with van der Waals surface area (Å²) >= 11 is 7.57. The van der Waals surface area contributed by atoms with E-state index >= 15 is 0 Å². The molecule has 0 aromatic carbocycles.